The van der Waals surface area contributed by atoms with Gasteiger partial charge in [-0.3, -0.25) is 4.79 Å². The van der Waals surface area contributed by atoms with Crippen LogP contribution >= 0.6 is 0 Å². The fourth-order valence-corrected chi connectivity index (χ4v) is 6.89. The van der Waals surface area contributed by atoms with Gasteiger partial charge < -0.3 is 10.2 Å². The van der Waals surface area contributed by atoms with Gasteiger partial charge in [-0.05, 0) is 92.8 Å². The van der Waals surface area contributed by atoms with E-state index in [1.165, 1.54) is 44.9 Å². The zero-order valence-corrected chi connectivity index (χ0v) is 18.3. The highest BCUT2D eigenvalue weighted by Crippen LogP contribution is 2.58. The quantitative estimate of drug-likeness (QED) is 0.485. The van der Waals surface area contributed by atoms with E-state index in [2.05, 4.69) is 26.8 Å². The van der Waals surface area contributed by atoms with Crippen LogP contribution in [0.5, 0.6) is 0 Å². The lowest BCUT2D eigenvalue weighted by atomic mass is 9.53. The number of fused-ring (bicyclic) bond motifs is 1. The van der Waals surface area contributed by atoms with Crippen molar-refractivity contribution < 1.29 is 15.0 Å². The number of aliphatic hydroxyl groups is 1. The molecule has 0 aromatic carbocycles. The summed E-state index contributed by atoms with van der Waals surface area (Å²) in [6, 6.07) is 0. The van der Waals surface area contributed by atoms with E-state index in [0.29, 0.717) is 23.7 Å². The smallest absolute Gasteiger partial charge is 0.303 e. The fourth-order valence-electron chi connectivity index (χ4n) is 6.89. The summed E-state index contributed by atoms with van der Waals surface area (Å²) < 4.78 is 0. The van der Waals surface area contributed by atoms with Gasteiger partial charge in [0.1, 0.15) is 0 Å². The Labute approximate surface area is 172 Å². The third kappa shape index (κ3) is 4.66. The van der Waals surface area contributed by atoms with Gasteiger partial charge in [0, 0.05) is 6.42 Å². The van der Waals surface area contributed by atoms with E-state index in [-0.39, 0.29) is 6.10 Å². The molecule has 3 aliphatic carbocycles. The van der Waals surface area contributed by atoms with Crippen LogP contribution in [0.3, 0.4) is 0 Å². The van der Waals surface area contributed by atoms with E-state index in [0.717, 1.165) is 43.4 Å². The number of hydrogen-bond acceptors (Lipinski definition) is 2. The number of rotatable bonds is 8. The molecule has 0 unspecified atom stereocenters. The lowest BCUT2D eigenvalue weighted by Gasteiger charge is -2.52. The monoisotopic (exact) mass is 390 g/mol. The maximum atomic E-state index is 10.9. The van der Waals surface area contributed by atoms with Gasteiger partial charge in [-0.2, -0.15) is 0 Å². The topological polar surface area (TPSA) is 57.5 Å². The second-order valence-electron chi connectivity index (χ2n) is 10.4. The van der Waals surface area contributed by atoms with Gasteiger partial charge in [-0.15, -0.1) is 0 Å². The molecule has 3 rings (SSSR count). The molecule has 0 heterocycles. The Kier molecular flexibility index (Phi) is 7.28. The summed E-state index contributed by atoms with van der Waals surface area (Å²) in [6.07, 6.45) is 15.6. The Balaban J connectivity index is 1.70. The summed E-state index contributed by atoms with van der Waals surface area (Å²) in [5, 5.41) is 19.2. The van der Waals surface area contributed by atoms with Crippen LogP contribution in [0.2, 0.25) is 0 Å². The van der Waals surface area contributed by atoms with Crippen LogP contribution in [0.15, 0.2) is 11.6 Å². The largest absolute Gasteiger partial charge is 0.481 e. The molecule has 3 heteroatoms. The molecule has 2 N–H and O–H groups in total. The Morgan fingerprint density at radius 3 is 2.82 bits per heavy atom. The van der Waals surface area contributed by atoms with Crippen molar-refractivity contribution in [3.05, 3.63) is 11.6 Å². The number of aliphatic hydroxyl groups excluding tert-OH is 1. The molecular formula is C25H42O3. The number of allylic oxidation sites excluding steroid dienone is 1. The van der Waals surface area contributed by atoms with Gasteiger partial charge in [0.15, 0.2) is 0 Å². The van der Waals surface area contributed by atoms with E-state index in [1.54, 1.807) is 5.57 Å². The van der Waals surface area contributed by atoms with E-state index in [4.69, 9.17) is 5.11 Å². The molecule has 3 aliphatic rings. The van der Waals surface area contributed by atoms with Gasteiger partial charge in [-0.1, -0.05) is 45.3 Å². The SMILES string of the molecule is CCCC[C@H]1[C@H]([C@@H]2CC[C@H]([C@H](C)CCC(=O)O)C2)CC=C2C[C@@H](O)CC[C@@]21C. The van der Waals surface area contributed by atoms with Gasteiger partial charge in [0.05, 0.1) is 6.10 Å². The van der Waals surface area contributed by atoms with Gasteiger partial charge in [-0.25, -0.2) is 0 Å². The first-order chi connectivity index (χ1) is 13.3. The summed E-state index contributed by atoms with van der Waals surface area (Å²) in [4.78, 5) is 10.9. The number of hydrogen-bond donors (Lipinski definition) is 2. The van der Waals surface area contributed by atoms with E-state index in [9.17, 15) is 9.90 Å². The lowest BCUT2D eigenvalue weighted by Crippen LogP contribution is -2.44. The Hall–Kier alpha value is -0.830. The minimum absolute atomic E-state index is 0.131. The highest BCUT2D eigenvalue weighted by Gasteiger charge is 2.49. The van der Waals surface area contributed by atoms with E-state index >= 15 is 0 Å². The molecule has 2 saturated carbocycles. The average molecular weight is 391 g/mol. The highest BCUT2D eigenvalue weighted by atomic mass is 16.4. The summed E-state index contributed by atoms with van der Waals surface area (Å²) >= 11 is 0. The molecule has 0 radical (unpaired) electrons. The lowest BCUT2D eigenvalue weighted by molar-refractivity contribution is -0.137. The second kappa shape index (κ2) is 9.32. The summed E-state index contributed by atoms with van der Waals surface area (Å²) in [6.45, 7) is 7.07. The molecule has 0 amide bonds. The Bertz CT molecular complexity index is 568. The zero-order valence-electron chi connectivity index (χ0n) is 18.3. The van der Waals surface area contributed by atoms with Crippen molar-refractivity contribution >= 4 is 5.97 Å². The van der Waals surface area contributed by atoms with Crippen LogP contribution in [-0.4, -0.2) is 22.3 Å². The molecule has 7 atom stereocenters. The molecule has 2 fully saturated rings. The minimum atomic E-state index is -0.654. The van der Waals surface area contributed by atoms with Crippen LogP contribution in [0.25, 0.3) is 0 Å². The molecule has 160 valence electrons. The van der Waals surface area contributed by atoms with Crippen molar-refractivity contribution in [1.82, 2.24) is 0 Å². The second-order valence-corrected chi connectivity index (χ2v) is 10.4. The first-order valence-electron chi connectivity index (χ1n) is 11.9. The van der Waals surface area contributed by atoms with Gasteiger partial charge in [0.2, 0.25) is 0 Å². The van der Waals surface area contributed by atoms with Crippen LogP contribution in [0, 0.1) is 35.0 Å². The maximum absolute atomic E-state index is 10.9. The van der Waals surface area contributed by atoms with Crippen molar-refractivity contribution in [2.45, 2.75) is 104 Å². The molecule has 0 bridgehead atoms. The summed E-state index contributed by atoms with van der Waals surface area (Å²) in [7, 11) is 0. The van der Waals surface area contributed by atoms with Crippen molar-refractivity contribution in [3.63, 3.8) is 0 Å². The van der Waals surface area contributed by atoms with E-state index in [1.807, 2.05) is 0 Å². The van der Waals surface area contributed by atoms with Crippen molar-refractivity contribution in [1.29, 1.82) is 0 Å². The van der Waals surface area contributed by atoms with Crippen LogP contribution in [0.1, 0.15) is 97.8 Å². The van der Waals surface area contributed by atoms with E-state index < -0.39 is 5.97 Å². The normalized spacial score (nSPS) is 39.3. The van der Waals surface area contributed by atoms with Gasteiger partial charge >= 0.3 is 5.97 Å². The standard InChI is InChI=1S/C25H42O3/c1-4-5-6-23-22(11-10-20-16-21(26)13-14-25(20,23)3)19-9-8-18(15-19)17(2)7-12-24(27)28/h10,17-19,21-23,26H,4-9,11-16H2,1-3H3,(H,27,28)/t17-,18+,19-,21+,22+,23+,25+/m1/s1. The number of carboxylic acids is 1. The maximum Gasteiger partial charge on any atom is 0.303 e. The number of carbonyl (C=O) groups is 1. The Morgan fingerprint density at radius 2 is 2.11 bits per heavy atom. The highest BCUT2D eigenvalue weighted by molar-refractivity contribution is 5.66. The van der Waals surface area contributed by atoms with Gasteiger partial charge in [0.25, 0.3) is 0 Å². The zero-order chi connectivity index (χ0) is 20.3. The molecule has 0 spiro atoms. The molecule has 28 heavy (non-hydrogen) atoms. The van der Waals surface area contributed by atoms with Crippen LogP contribution in [-0.2, 0) is 4.79 Å². The Morgan fingerprint density at radius 1 is 1.32 bits per heavy atom. The predicted molar refractivity (Wildman–Crippen MR) is 114 cm³/mol. The number of unbranched alkanes of at least 4 members (excludes halogenated alkanes) is 1. The molecule has 0 aromatic rings. The van der Waals surface area contributed by atoms with Crippen LogP contribution < -0.4 is 0 Å². The third-order valence-electron chi connectivity index (χ3n) is 8.76. The minimum Gasteiger partial charge on any atom is -0.481 e. The fraction of sp³-hybridized carbons (Fsp3) is 0.880. The number of carboxylic acid groups (broad SMARTS) is 1. The average Bonchev–Trinajstić information content (AvgIpc) is 3.15. The van der Waals surface area contributed by atoms with Crippen molar-refractivity contribution in [3.8, 4) is 0 Å². The third-order valence-corrected chi connectivity index (χ3v) is 8.76. The van der Waals surface area contributed by atoms with Crippen molar-refractivity contribution in [2.75, 3.05) is 0 Å². The molecule has 0 saturated heterocycles. The molecule has 3 nitrogen and oxygen atoms in total. The molecular weight excluding hydrogens is 348 g/mol. The number of aliphatic carboxylic acids is 1. The molecule has 0 aromatic heterocycles. The summed E-state index contributed by atoms with van der Waals surface area (Å²) in [5.41, 5.74) is 1.85. The molecule has 0 aliphatic heterocycles. The van der Waals surface area contributed by atoms with Crippen molar-refractivity contribution in [2.24, 2.45) is 35.0 Å². The summed E-state index contributed by atoms with van der Waals surface area (Å²) in [5.74, 6) is 2.94. The van der Waals surface area contributed by atoms with Crippen LogP contribution in [0.4, 0.5) is 0 Å². The first-order valence-corrected chi connectivity index (χ1v) is 11.9. The first kappa shape index (κ1) is 21.9. The predicted octanol–water partition coefficient (Wildman–Crippen LogP) is 6.21.